The summed E-state index contributed by atoms with van der Waals surface area (Å²) in [4.78, 5) is 11.9. The van der Waals surface area contributed by atoms with Gasteiger partial charge in [0.15, 0.2) is 0 Å². The van der Waals surface area contributed by atoms with Gasteiger partial charge >= 0.3 is 5.97 Å². The van der Waals surface area contributed by atoms with Gasteiger partial charge in [0.05, 0.1) is 5.56 Å². The van der Waals surface area contributed by atoms with Gasteiger partial charge < -0.3 is 15.0 Å². The van der Waals surface area contributed by atoms with Crippen molar-refractivity contribution < 1.29 is 9.90 Å². The van der Waals surface area contributed by atoms with E-state index in [1.54, 1.807) is 0 Å². The molecular weight excluding hydrogens is 440 g/mol. The average Bonchev–Trinajstić information content (AvgIpc) is 2.89. The summed E-state index contributed by atoms with van der Waals surface area (Å²) in [5, 5.41) is 13.8. The Morgan fingerprint density at radius 3 is 2.32 bits per heavy atom. The molecule has 2 aromatic carbocycles. The second-order valence-corrected chi connectivity index (χ2v) is 7.96. The van der Waals surface area contributed by atoms with Crippen LogP contribution in [0.15, 0.2) is 53.0 Å². The number of nitrogens with zero attached hydrogens (tertiary/aromatic N) is 1. The van der Waals surface area contributed by atoms with Crippen LogP contribution in [0.1, 0.15) is 38.4 Å². The van der Waals surface area contributed by atoms with Gasteiger partial charge in [-0.3, -0.25) is 0 Å². The maximum absolute atomic E-state index is 11.9. The van der Waals surface area contributed by atoms with Crippen molar-refractivity contribution in [3.63, 3.8) is 0 Å². The van der Waals surface area contributed by atoms with Gasteiger partial charge in [0.25, 0.3) is 0 Å². The zero-order valence-corrected chi connectivity index (χ0v) is 18.1. The second-order valence-electron chi connectivity index (χ2n) is 6.70. The summed E-state index contributed by atoms with van der Waals surface area (Å²) in [6, 6.07) is 15.6. The third-order valence-electron chi connectivity index (χ3n) is 4.99. The first-order valence-corrected chi connectivity index (χ1v) is 10.2. The van der Waals surface area contributed by atoms with E-state index in [4.69, 9.17) is 11.6 Å². The number of hydrogen-bond acceptors (Lipinski definition) is 2. The number of hydrogen-bond donors (Lipinski definition) is 2. The molecule has 0 spiro atoms. The molecule has 0 aliphatic heterocycles. The molecule has 1 aromatic heterocycles. The summed E-state index contributed by atoms with van der Waals surface area (Å²) in [7, 11) is 0. The van der Waals surface area contributed by atoms with Crippen molar-refractivity contribution in [1.82, 2.24) is 9.88 Å². The van der Waals surface area contributed by atoms with Gasteiger partial charge in [-0.2, -0.15) is 0 Å². The molecule has 28 heavy (non-hydrogen) atoms. The largest absolute Gasteiger partial charge is 0.478 e. The fourth-order valence-electron chi connectivity index (χ4n) is 3.45. The van der Waals surface area contributed by atoms with Crippen LogP contribution >= 0.6 is 27.5 Å². The van der Waals surface area contributed by atoms with Crippen molar-refractivity contribution in [1.29, 1.82) is 0 Å². The van der Waals surface area contributed by atoms with Crippen molar-refractivity contribution in [3.05, 3.63) is 91.7 Å². The van der Waals surface area contributed by atoms with Gasteiger partial charge in [-0.25, -0.2) is 4.79 Å². The predicted molar refractivity (Wildman–Crippen MR) is 116 cm³/mol. The highest BCUT2D eigenvalue weighted by Crippen LogP contribution is 2.26. The van der Waals surface area contributed by atoms with Crippen molar-refractivity contribution in [2.75, 3.05) is 0 Å². The molecule has 3 aromatic rings. The zero-order valence-electron chi connectivity index (χ0n) is 15.8. The lowest BCUT2D eigenvalue weighted by Crippen LogP contribution is -2.16. The zero-order chi connectivity index (χ0) is 20.3. The van der Waals surface area contributed by atoms with E-state index in [0.29, 0.717) is 30.2 Å². The second kappa shape index (κ2) is 8.95. The Balaban J connectivity index is 1.87. The molecule has 0 saturated heterocycles. The van der Waals surface area contributed by atoms with Crippen LogP contribution in [0.2, 0.25) is 5.02 Å². The topological polar surface area (TPSA) is 54.3 Å². The molecule has 0 aliphatic carbocycles. The quantitative estimate of drug-likeness (QED) is 0.484. The molecule has 0 bridgehead atoms. The minimum atomic E-state index is -0.906. The van der Waals surface area contributed by atoms with Crippen LogP contribution < -0.4 is 5.32 Å². The van der Waals surface area contributed by atoms with Crippen LogP contribution in [0.3, 0.4) is 0 Å². The van der Waals surface area contributed by atoms with E-state index in [9.17, 15) is 9.90 Å². The monoisotopic (exact) mass is 460 g/mol. The third-order valence-corrected chi connectivity index (χ3v) is 6.13. The summed E-state index contributed by atoms with van der Waals surface area (Å²) in [6.07, 6.45) is 0. The number of carbonyl (C=O) groups is 1. The predicted octanol–water partition coefficient (Wildman–Crippen LogP) is 5.56. The van der Waals surface area contributed by atoms with Gasteiger partial charge in [0.2, 0.25) is 0 Å². The number of carboxylic acid groups (broad SMARTS) is 1. The van der Waals surface area contributed by atoms with Crippen LogP contribution in [-0.2, 0) is 19.6 Å². The molecule has 6 heteroatoms. The Labute approximate surface area is 178 Å². The summed E-state index contributed by atoms with van der Waals surface area (Å²) in [6.45, 7) is 5.48. The van der Waals surface area contributed by atoms with Crippen molar-refractivity contribution in [2.45, 2.75) is 33.5 Å². The van der Waals surface area contributed by atoms with Gasteiger partial charge in [-0.15, -0.1) is 0 Å². The number of halogens is 2. The summed E-state index contributed by atoms with van der Waals surface area (Å²) < 4.78 is 3.06. The smallest absolute Gasteiger partial charge is 0.337 e. The van der Waals surface area contributed by atoms with Crippen molar-refractivity contribution in [2.24, 2.45) is 0 Å². The molecule has 0 saturated carbocycles. The summed E-state index contributed by atoms with van der Waals surface area (Å²) in [5.74, 6) is -0.906. The Morgan fingerprint density at radius 1 is 1.04 bits per heavy atom. The van der Waals surface area contributed by atoms with Crippen LogP contribution in [0.25, 0.3) is 0 Å². The standard InChI is InChI=1S/C22H22BrClN2O2/c1-14-18(12-25-11-16-7-3-5-9-19(16)23)21(22(27)28)15(2)26(14)13-17-8-4-6-10-20(17)24/h3-10,25H,11-13H2,1-2H3,(H,27,28). The number of aromatic carboxylic acids is 1. The SMILES string of the molecule is Cc1c(CNCc2ccccc2Br)c(C(=O)O)c(C)n1Cc1ccccc1Cl. The van der Waals surface area contributed by atoms with Crippen molar-refractivity contribution >= 4 is 33.5 Å². The molecule has 1 heterocycles. The average molecular weight is 462 g/mol. The Bertz CT molecular complexity index is 1010. The van der Waals surface area contributed by atoms with E-state index in [0.717, 1.165) is 32.6 Å². The molecule has 0 amide bonds. The molecule has 0 unspecified atom stereocenters. The Kier molecular flexibility index (Phi) is 6.60. The fourth-order valence-corrected chi connectivity index (χ4v) is 4.07. The maximum Gasteiger partial charge on any atom is 0.337 e. The van der Waals surface area contributed by atoms with Gasteiger partial charge in [-0.05, 0) is 37.1 Å². The summed E-state index contributed by atoms with van der Waals surface area (Å²) >= 11 is 9.85. The Morgan fingerprint density at radius 2 is 1.68 bits per heavy atom. The highest BCUT2D eigenvalue weighted by atomic mass is 79.9. The van der Waals surface area contributed by atoms with Crippen LogP contribution in [-0.4, -0.2) is 15.6 Å². The molecule has 2 N–H and O–H groups in total. The molecule has 4 nitrogen and oxygen atoms in total. The molecule has 0 atom stereocenters. The highest BCUT2D eigenvalue weighted by molar-refractivity contribution is 9.10. The van der Waals surface area contributed by atoms with E-state index in [1.165, 1.54) is 0 Å². The van der Waals surface area contributed by atoms with Gasteiger partial charge in [0.1, 0.15) is 0 Å². The van der Waals surface area contributed by atoms with Crippen LogP contribution in [0.4, 0.5) is 0 Å². The number of benzene rings is 2. The first-order valence-electron chi connectivity index (χ1n) is 8.99. The molecule has 0 fully saturated rings. The number of aromatic nitrogens is 1. The van der Waals surface area contributed by atoms with Crippen LogP contribution in [0.5, 0.6) is 0 Å². The number of carboxylic acids is 1. The van der Waals surface area contributed by atoms with E-state index >= 15 is 0 Å². The van der Waals surface area contributed by atoms with E-state index in [-0.39, 0.29) is 0 Å². The number of nitrogens with one attached hydrogen (secondary N) is 1. The first-order chi connectivity index (χ1) is 13.4. The highest BCUT2D eigenvalue weighted by Gasteiger charge is 2.22. The van der Waals surface area contributed by atoms with Crippen molar-refractivity contribution in [3.8, 4) is 0 Å². The molecule has 0 radical (unpaired) electrons. The maximum atomic E-state index is 11.9. The summed E-state index contributed by atoms with van der Waals surface area (Å²) in [5.41, 5.74) is 4.95. The number of rotatable bonds is 7. The van der Waals surface area contributed by atoms with E-state index < -0.39 is 5.97 Å². The minimum Gasteiger partial charge on any atom is -0.478 e. The lowest BCUT2D eigenvalue weighted by Gasteiger charge is -2.12. The van der Waals surface area contributed by atoms with E-state index in [2.05, 4.69) is 21.2 Å². The third kappa shape index (κ3) is 4.32. The lowest BCUT2D eigenvalue weighted by atomic mass is 10.1. The first kappa shape index (κ1) is 20.6. The Hall–Kier alpha value is -2.08. The molecule has 146 valence electrons. The molecule has 0 aliphatic rings. The lowest BCUT2D eigenvalue weighted by molar-refractivity contribution is 0.0694. The molecular formula is C22H22BrClN2O2. The fraction of sp³-hybridized carbons (Fsp3) is 0.227. The molecule has 3 rings (SSSR count). The normalized spacial score (nSPS) is 11.0. The van der Waals surface area contributed by atoms with Gasteiger partial charge in [-0.1, -0.05) is 63.9 Å². The van der Waals surface area contributed by atoms with Crippen LogP contribution in [0, 0.1) is 13.8 Å². The van der Waals surface area contributed by atoms with E-state index in [1.807, 2.05) is 66.9 Å². The minimum absolute atomic E-state index is 0.365. The van der Waals surface area contributed by atoms with Gasteiger partial charge in [0, 0.05) is 46.1 Å².